The number of halogens is 5. The summed E-state index contributed by atoms with van der Waals surface area (Å²) in [6, 6.07) is 7.99. The van der Waals surface area contributed by atoms with Crippen LogP contribution in [0.2, 0.25) is 0 Å². The number of nitrogens with one attached hydrogen (secondary N) is 2. The molecule has 1 aromatic carbocycles. The summed E-state index contributed by atoms with van der Waals surface area (Å²) >= 11 is 0. The van der Waals surface area contributed by atoms with E-state index in [0.717, 1.165) is 43.0 Å². The van der Waals surface area contributed by atoms with Crippen LogP contribution in [0.25, 0.3) is 5.57 Å². The first-order valence-electron chi connectivity index (χ1n) is 11.8. The van der Waals surface area contributed by atoms with Crippen molar-refractivity contribution in [1.29, 1.82) is 0 Å². The number of sulfone groups is 1. The van der Waals surface area contributed by atoms with Gasteiger partial charge in [0.25, 0.3) is 0 Å². The van der Waals surface area contributed by atoms with Crippen LogP contribution < -0.4 is 15.4 Å². The van der Waals surface area contributed by atoms with Crippen LogP contribution in [0.5, 0.6) is 5.75 Å². The predicted octanol–water partition coefficient (Wildman–Crippen LogP) is 3.45. The molecule has 0 radical (unpaired) electrons. The number of aromatic nitrogens is 1. The highest BCUT2D eigenvalue weighted by Gasteiger charge is 2.59. The number of carbonyl (C=O) groups excluding carboxylic acids is 2. The van der Waals surface area contributed by atoms with E-state index in [0.29, 0.717) is 0 Å². The van der Waals surface area contributed by atoms with Gasteiger partial charge in [-0.1, -0.05) is 24.3 Å². The lowest BCUT2D eigenvalue weighted by Crippen LogP contribution is -2.59. The van der Waals surface area contributed by atoms with Gasteiger partial charge in [-0.15, -0.1) is 0 Å². The average molecular weight is 574 g/mol. The van der Waals surface area contributed by atoms with Gasteiger partial charge in [-0.05, 0) is 47.6 Å². The molecule has 2 heterocycles. The number of alkyl halides is 5. The van der Waals surface area contributed by atoms with Crippen molar-refractivity contribution in [3.63, 3.8) is 0 Å². The van der Waals surface area contributed by atoms with Crippen LogP contribution in [0, 0.1) is 0 Å². The molecule has 1 aliphatic heterocycles. The van der Waals surface area contributed by atoms with Gasteiger partial charge in [0.1, 0.15) is 11.5 Å². The lowest BCUT2D eigenvalue weighted by Gasteiger charge is -2.41. The highest BCUT2D eigenvalue weighted by Crippen LogP contribution is 2.49. The highest BCUT2D eigenvalue weighted by atomic mass is 32.2. The van der Waals surface area contributed by atoms with Gasteiger partial charge in [-0.3, -0.25) is 14.6 Å². The molecule has 0 bridgehead atoms. The van der Waals surface area contributed by atoms with E-state index in [1.54, 1.807) is 12.1 Å². The van der Waals surface area contributed by atoms with Gasteiger partial charge in [0.05, 0.1) is 11.9 Å². The van der Waals surface area contributed by atoms with Gasteiger partial charge in [0, 0.05) is 24.8 Å². The van der Waals surface area contributed by atoms with E-state index in [9.17, 15) is 40.0 Å². The molecule has 8 nitrogen and oxygen atoms in total. The lowest BCUT2D eigenvalue weighted by molar-refractivity contribution is -0.201. The Hall–Kier alpha value is -3.55. The Morgan fingerprint density at radius 1 is 1.18 bits per heavy atom. The second-order valence-corrected chi connectivity index (χ2v) is 11.6. The van der Waals surface area contributed by atoms with Crippen LogP contribution in [0.15, 0.2) is 48.2 Å². The maximum Gasteiger partial charge on any atom is 0.416 e. The van der Waals surface area contributed by atoms with Gasteiger partial charge in [-0.2, -0.15) is 22.0 Å². The maximum atomic E-state index is 14.8. The Bertz CT molecular complexity index is 1390. The Morgan fingerprint density at radius 2 is 1.85 bits per heavy atom. The van der Waals surface area contributed by atoms with Crippen molar-refractivity contribution in [2.24, 2.45) is 0 Å². The summed E-state index contributed by atoms with van der Waals surface area (Å²) in [6.45, 7) is -3.75. The van der Waals surface area contributed by atoms with E-state index in [1.807, 2.05) is 0 Å². The highest BCUT2D eigenvalue weighted by molar-refractivity contribution is 7.91. The predicted molar refractivity (Wildman–Crippen MR) is 129 cm³/mol. The first-order chi connectivity index (χ1) is 18.2. The third-order valence-electron chi connectivity index (χ3n) is 6.47. The number of hydrogen-bond donors (Lipinski definition) is 2. The van der Waals surface area contributed by atoms with E-state index >= 15 is 0 Å². The Morgan fingerprint density at radius 3 is 2.36 bits per heavy atom. The fourth-order valence-electron chi connectivity index (χ4n) is 4.43. The molecule has 4 rings (SSSR count). The molecule has 2 N–H and O–H groups in total. The minimum atomic E-state index is -4.97. The summed E-state index contributed by atoms with van der Waals surface area (Å²) in [5, 5.41) is 4.31. The van der Waals surface area contributed by atoms with Crippen LogP contribution in [0.4, 0.5) is 22.0 Å². The zero-order valence-corrected chi connectivity index (χ0v) is 21.3. The zero-order chi connectivity index (χ0) is 28.6. The van der Waals surface area contributed by atoms with Gasteiger partial charge >= 0.3 is 12.8 Å². The van der Waals surface area contributed by atoms with Crippen molar-refractivity contribution in [1.82, 2.24) is 15.6 Å². The molecule has 1 aliphatic carbocycles. The molecule has 14 heteroatoms. The smallest absolute Gasteiger partial charge is 0.416 e. The molecule has 1 aromatic heterocycles. The van der Waals surface area contributed by atoms with Crippen molar-refractivity contribution in [3.8, 4) is 5.75 Å². The number of rotatable bonds is 9. The largest absolute Gasteiger partial charge is 0.433 e. The molecule has 0 saturated heterocycles. The monoisotopic (exact) mass is 573 g/mol. The van der Waals surface area contributed by atoms with Gasteiger partial charge in [0.2, 0.25) is 11.8 Å². The molecule has 210 valence electrons. The second kappa shape index (κ2) is 10.5. The van der Waals surface area contributed by atoms with Crippen LogP contribution in [0.1, 0.15) is 42.0 Å². The number of benzene rings is 1. The summed E-state index contributed by atoms with van der Waals surface area (Å²) in [6.07, 6.45) is -2.22. The quantitative estimate of drug-likeness (QED) is 0.445. The first kappa shape index (κ1) is 28.5. The molecule has 39 heavy (non-hydrogen) atoms. The van der Waals surface area contributed by atoms with Crippen molar-refractivity contribution in [2.45, 2.75) is 43.5 Å². The molecule has 1 fully saturated rings. The molecule has 2 aromatic rings. The summed E-state index contributed by atoms with van der Waals surface area (Å²) < 4.78 is 96.5. The number of carbonyl (C=O) groups is 2. The van der Waals surface area contributed by atoms with E-state index in [-0.39, 0.29) is 34.1 Å². The topological polar surface area (TPSA) is 114 Å². The van der Waals surface area contributed by atoms with Crippen molar-refractivity contribution in [3.05, 3.63) is 65.0 Å². The van der Waals surface area contributed by atoms with Crippen molar-refractivity contribution >= 4 is 27.2 Å². The standard InChI is InChI=1S/C25H24F5N3O5S/c1-39(36,37)13-21(34)32-12-19-18(20-9-8-17(11-31-20)38-23(26)27)10-24(25(28,29)30,33-22(19)35)16-6-4-15(5-7-16)14-2-3-14/h4-9,11,14,23H,2-3,10,12-13H2,1H3,(H,32,34)(H,33,35)/t24-/m0/s1. The van der Waals surface area contributed by atoms with E-state index in [2.05, 4.69) is 20.4 Å². The number of hydrogen-bond acceptors (Lipinski definition) is 6. The van der Waals surface area contributed by atoms with Crippen molar-refractivity contribution in [2.75, 3.05) is 18.6 Å². The van der Waals surface area contributed by atoms with Gasteiger partial charge in [0.15, 0.2) is 15.4 Å². The normalized spacial score (nSPS) is 20.1. The van der Waals surface area contributed by atoms with Crippen LogP contribution in [-0.4, -0.2) is 56.6 Å². The maximum absolute atomic E-state index is 14.8. The number of nitrogens with zero attached hydrogens (tertiary/aromatic N) is 1. The molecule has 2 amide bonds. The molecule has 2 aliphatic rings. The number of ether oxygens (including phenoxy) is 1. The molecule has 0 spiro atoms. The van der Waals surface area contributed by atoms with Crippen LogP contribution in [-0.2, 0) is 25.0 Å². The molecule has 1 saturated carbocycles. The van der Waals surface area contributed by atoms with E-state index in [1.165, 1.54) is 12.1 Å². The summed E-state index contributed by atoms with van der Waals surface area (Å²) in [5.41, 5.74) is -2.82. The fourth-order valence-corrected chi connectivity index (χ4v) is 5.01. The second-order valence-electron chi connectivity index (χ2n) is 9.49. The minimum absolute atomic E-state index is 0.137. The van der Waals surface area contributed by atoms with Gasteiger partial charge in [-0.25, -0.2) is 8.42 Å². The van der Waals surface area contributed by atoms with Gasteiger partial charge < -0.3 is 15.4 Å². The molecule has 0 unspecified atom stereocenters. The Balaban J connectivity index is 1.77. The number of amides is 2. The average Bonchev–Trinajstić information content (AvgIpc) is 3.67. The third kappa shape index (κ3) is 6.54. The first-order valence-corrected chi connectivity index (χ1v) is 13.8. The van der Waals surface area contributed by atoms with Crippen molar-refractivity contribution < 1.29 is 44.7 Å². The van der Waals surface area contributed by atoms with Crippen LogP contribution >= 0.6 is 0 Å². The fraction of sp³-hybridized carbons (Fsp3) is 0.400. The summed E-state index contributed by atoms with van der Waals surface area (Å²) in [7, 11) is -3.71. The number of pyridine rings is 1. The zero-order valence-electron chi connectivity index (χ0n) is 20.5. The van der Waals surface area contributed by atoms with E-state index < -0.39 is 58.7 Å². The minimum Gasteiger partial charge on any atom is -0.433 e. The molecule has 1 atom stereocenters. The Kier molecular flexibility index (Phi) is 7.70. The SMILES string of the molecule is CS(=O)(=O)CC(=O)NCC1=C(c2ccc(OC(F)F)cn2)C[C@](c2ccc(C3CC3)cc2)(C(F)(F)F)NC1=O. The van der Waals surface area contributed by atoms with E-state index in [4.69, 9.17) is 0 Å². The summed E-state index contributed by atoms with van der Waals surface area (Å²) in [5.74, 6) is -3.08. The molecular formula is C25H24F5N3O5S. The van der Waals surface area contributed by atoms with Crippen LogP contribution in [0.3, 0.4) is 0 Å². The summed E-state index contributed by atoms with van der Waals surface area (Å²) in [4.78, 5) is 29.2. The Labute approximate surface area is 220 Å². The lowest BCUT2D eigenvalue weighted by atomic mass is 9.77. The molecular weight excluding hydrogens is 549 g/mol. The third-order valence-corrected chi connectivity index (χ3v) is 7.26.